The fourth-order valence-corrected chi connectivity index (χ4v) is 2.43. The van der Waals surface area contributed by atoms with Crippen molar-refractivity contribution in [3.05, 3.63) is 59.9 Å². The molecular formula is C17H18N2O2. The zero-order valence-electron chi connectivity index (χ0n) is 11.6. The highest BCUT2D eigenvalue weighted by atomic mass is 16.3. The van der Waals surface area contributed by atoms with E-state index >= 15 is 0 Å². The first kappa shape index (κ1) is 13.8. The summed E-state index contributed by atoms with van der Waals surface area (Å²) in [5, 5.41) is 19.2. The van der Waals surface area contributed by atoms with Crippen LogP contribution < -0.4 is 4.90 Å². The van der Waals surface area contributed by atoms with Crippen LogP contribution in [0.25, 0.3) is 12.2 Å². The molecule has 0 bridgehead atoms. The van der Waals surface area contributed by atoms with Crippen molar-refractivity contribution in [1.82, 2.24) is 4.98 Å². The second-order valence-electron chi connectivity index (χ2n) is 5.22. The smallest absolute Gasteiger partial charge is 0.0990 e. The van der Waals surface area contributed by atoms with Gasteiger partial charge in [0.25, 0.3) is 0 Å². The van der Waals surface area contributed by atoms with Crippen molar-refractivity contribution in [3.63, 3.8) is 0 Å². The Morgan fingerprint density at radius 1 is 0.952 bits per heavy atom. The standard InChI is InChI=1S/C17H18N2O2/c20-16-11-19(12-17(16)21)15-8-5-13(6-9-15)4-7-14-3-1-2-10-18-14/h1-10,16-17,20-21H,11-12H2/b7-4+. The molecule has 4 heteroatoms. The average molecular weight is 282 g/mol. The van der Waals surface area contributed by atoms with Gasteiger partial charge in [0.1, 0.15) is 0 Å². The van der Waals surface area contributed by atoms with Gasteiger partial charge in [-0.1, -0.05) is 24.3 Å². The first-order chi connectivity index (χ1) is 10.2. The van der Waals surface area contributed by atoms with Crippen LogP contribution in [0.5, 0.6) is 0 Å². The lowest BCUT2D eigenvalue weighted by Gasteiger charge is -2.17. The van der Waals surface area contributed by atoms with Crippen LogP contribution in [0.1, 0.15) is 11.3 Å². The Morgan fingerprint density at radius 3 is 2.29 bits per heavy atom. The number of benzene rings is 1. The monoisotopic (exact) mass is 282 g/mol. The average Bonchev–Trinajstić information content (AvgIpc) is 2.86. The van der Waals surface area contributed by atoms with Crippen LogP contribution in [0.4, 0.5) is 5.69 Å². The van der Waals surface area contributed by atoms with Crippen LogP contribution in [0.3, 0.4) is 0 Å². The summed E-state index contributed by atoms with van der Waals surface area (Å²) in [4.78, 5) is 6.23. The summed E-state index contributed by atoms with van der Waals surface area (Å²) in [5.41, 5.74) is 3.03. The van der Waals surface area contributed by atoms with E-state index < -0.39 is 12.2 Å². The van der Waals surface area contributed by atoms with Gasteiger partial charge in [-0.2, -0.15) is 0 Å². The van der Waals surface area contributed by atoms with Gasteiger partial charge >= 0.3 is 0 Å². The topological polar surface area (TPSA) is 56.6 Å². The van der Waals surface area contributed by atoms with Crippen molar-refractivity contribution in [2.45, 2.75) is 12.2 Å². The highest BCUT2D eigenvalue weighted by Gasteiger charge is 2.29. The van der Waals surface area contributed by atoms with Crippen molar-refractivity contribution < 1.29 is 10.2 Å². The number of aromatic nitrogens is 1. The quantitative estimate of drug-likeness (QED) is 0.901. The van der Waals surface area contributed by atoms with Gasteiger partial charge in [0.15, 0.2) is 0 Å². The minimum absolute atomic E-state index is 0.476. The number of hydrogen-bond donors (Lipinski definition) is 2. The third-order valence-corrected chi connectivity index (χ3v) is 3.65. The van der Waals surface area contributed by atoms with E-state index in [9.17, 15) is 10.2 Å². The van der Waals surface area contributed by atoms with E-state index in [4.69, 9.17) is 0 Å². The number of anilines is 1. The highest BCUT2D eigenvalue weighted by Crippen LogP contribution is 2.21. The Morgan fingerprint density at radius 2 is 1.67 bits per heavy atom. The minimum Gasteiger partial charge on any atom is -0.389 e. The molecule has 0 aliphatic carbocycles. The molecule has 108 valence electrons. The van der Waals surface area contributed by atoms with E-state index in [2.05, 4.69) is 4.98 Å². The molecule has 0 amide bonds. The third kappa shape index (κ3) is 3.29. The van der Waals surface area contributed by atoms with Crippen LogP contribution in [-0.2, 0) is 0 Å². The summed E-state index contributed by atoms with van der Waals surface area (Å²) in [7, 11) is 0. The molecule has 1 aromatic carbocycles. The van der Waals surface area contributed by atoms with E-state index in [1.807, 2.05) is 59.5 Å². The Balaban J connectivity index is 1.69. The number of β-amino-alcohol motifs (C(OH)–C–C–N with tert-alkyl or cyclic N) is 2. The Labute approximate surface area is 124 Å². The lowest BCUT2D eigenvalue weighted by atomic mass is 10.1. The number of rotatable bonds is 3. The summed E-state index contributed by atoms with van der Waals surface area (Å²) in [5.74, 6) is 0. The van der Waals surface area contributed by atoms with E-state index in [-0.39, 0.29) is 0 Å². The van der Waals surface area contributed by atoms with Gasteiger partial charge in [-0.15, -0.1) is 0 Å². The van der Waals surface area contributed by atoms with E-state index in [1.165, 1.54) is 0 Å². The molecule has 3 rings (SSSR count). The van der Waals surface area contributed by atoms with Gasteiger partial charge in [0.2, 0.25) is 0 Å². The number of hydrogen-bond acceptors (Lipinski definition) is 4. The summed E-state index contributed by atoms with van der Waals surface area (Å²) in [6, 6.07) is 13.9. The first-order valence-corrected chi connectivity index (χ1v) is 7.02. The van der Waals surface area contributed by atoms with Gasteiger partial charge in [0, 0.05) is 25.0 Å². The molecule has 21 heavy (non-hydrogen) atoms. The van der Waals surface area contributed by atoms with Gasteiger partial charge in [-0.25, -0.2) is 0 Å². The second-order valence-corrected chi connectivity index (χ2v) is 5.22. The number of aliphatic hydroxyl groups is 2. The zero-order chi connectivity index (χ0) is 14.7. The predicted molar refractivity (Wildman–Crippen MR) is 83.8 cm³/mol. The molecule has 1 saturated heterocycles. The fourth-order valence-electron chi connectivity index (χ4n) is 2.43. The Hall–Kier alpha value is -2.17. The second kappa shape index (κ2) is 6.08. The van der Waals surface area contributed by atoms with Gasteiger partial charge < -0.3 is 15.1 Å². The third-order valence-electron chi connectivity index (χ3n) is 3.65. The molecule has 0 spiro atoms. The van der Waals surface area contributed by atoms with Gasteiger partial charge in [-0.05, 0) is 35.9 Å². The summed E-state index contributed by atoms with van der Waals surface area (Å²) < 4.78 is 0. The van der Waals surface area contributed by atoms with Crippen LogP contribution in [0, 0.1) is 0 Å². The van der Waals surface area contributed by atoms with Crippen molar-refractivity contribution >= 4 is 17.8 Å². The van der Waals surface area contributed by atoms with Crippen LogP contribution >= 0.6 is 0 Å². The number of aliphatic hydroxyl groups excluding tert-OH is 2. The molecule has 2 atom stereocenters. The SMILES string of the molecule is OC1CN(c2ccc(/C=C/c3ccccn3)cc2)CC1O. The molecule has 2 N–H and O–H groups in total. The zero-order valence-corrected chi connectivity index (χ0v) is 11.6. The molecule has 2 aromatic rings. The molecule has 1 aliphatic heterocycles. The van der Waals surface area contributed by atoms with Crippen LogP contribution in [0.15, 0.2) is 48.7 Å². The molecule has 2 heterocycles. The fraction of sp³-hybridized carbons (Fsp3) is 0.235. The van der Waals surface area contributed by atoms with Crippen LogP contribution in [-0.4, -0.2) is 40.5 Å². The Bertz CT molecular complexity index is 600. The molecule has 0 saturated carbocycles. The maximum Gasteiger partial charge on any atom is 0.0990 e. The largest absolute Gasteiger partial charge is 0.389 e. The van der Waals surface area contributed by atoms with E-state index in [0.29, 0.717) is 13.1 Å². The number of pyridine rings is 1. The van der Waals surface area contributed by atoms with Crippen molar-refractivity contribution in [2.24, 2.45) is 0 Å². The maximum absolute atomic E-state index is 9.58. The van der Waals surface area contributed by atoms with Gasteiger partial charge in [0.05, 0.1) is 17.9 Å². The summed E-state index contributed by atoms with van der Waals surface area (Å²) in [6.45, 7) is 0.953. The van der Waals surface area contributed by atoms with E-state index in [0.717, 1.165) is 16.9 Å². The van der Waals surface area contributed by atoms with E-state index in [1.54, 1.807) is 6.20 Å². The molecular weight excluding hydrogens is 264 g/mol. The van der Waals surface area contributed by atoms with Crippen LogP contribution in [0.2, 0.25) is 0 Å². The number of nitrogens with zero attached hydrogens (tertiary/aromatic N) is 2. The molecule has 4 nitrogen and oxygen atoms in total. The van der Waals surface area contributed by atoms with Crippen molar-refractivity contribution in [1.29, 1.82) is 0 Å². The molecule has 1 aliphatic rings. The summed E-state index contributed by atoms with van der Waals surface area (Å²) in [6.07, 6.45) is 4.44. The predicted octanol–water partition coefficient (Wildman–Crippen LogP) is 1.79. The lowest BCUT2D eigenvalue weighted by molar-refractivity contribution is 0.0572. The Kier molecular flexibility index (Phi) is 3.99. The molecule has 2 unspecified atom stereocenters. The lowest BCUT2D eigenvalue weighted by Crippen LogP contribution is -2.22. The summed E-state index contributed by atoms with van der Waals surface area (Å²) >= 11 is 0. The minimum atomic E-state index is -0.659. The van der Waals surface area contributed by atoms with Gasteiger partial charge in [-0.3, -0.25) is 4.98 Å². The molecule has 0 radical (unpaired) electrons. The van der Waals surface area contributed by atoms with Crippen molar-refractivity contribution in [2.75, 3.05) is 18.0 Å². The highest BCUT2D eigenvalue weighted by molar-refractivity contribution is 5.69. The maximum atomic E-state index is 9.58. The molecule has 1 fully saturated rings. The first-order valence-electron chi connectivity index (χ1n) is 7.02. The normalized spacial score (nSPS) is 22.1. The molecule has 1 aromatic heterocycles. The van der Waals surface area contributed by atoms with Crippen molar-refractivity contribution in [3.8, 4) is 0 Å².